The molecule has 1 heterocycles. The number of nitrogens with one attached hydrogen (secondary N) is 1. The summed E-state index contributed by atoms with van der Waals surface area (Å²) in [6.45, 7) is 3.25. The van der Waals surface area contributed by atoms with E-state index in [1.807, 2.05) is 0 Å². The van der Waals surface area contributed by atoms with E-state index in [1.165, 1.54) is 24.4 Å². The lowest BCUT2D eigenvalue weighted by Crippen LogP contribution is -2.12. The van der Waals surface area contributed by atoms with Crippen molar-refractivity contribution in [3.63, 3.8) is 0 Å². The first-order chi connectivity index (χ1) is 7.22. The number of methoxy groups -OCH3 is 1. The van der Waals surface area contributed by atoms with E-state index in [2.05, 4.69) is 16.6 Å². The molecule has 3 N–H and O–H groups in total. The maximum absolute atomic E-state index is 5.66. The minimum atomic E-state index is 0.476. The molecule has 1 unspecified atom stereocenters. The van der Waals surface area contributed by atoms with Crippen LogP contribution in [0.4, 0.5) is 10.8 Å². The fraction of sp³-hybridized carbons (Fsp3) is 0.700. The average molecular weight is 227 g/mol. The highest BCUT2D eigenvalue weighted by molar-refractivity contribution is 7.11. The number of hydrogen-bond donors (Lipinski definition) is 2. The molecule has 0 saturated heterocycles. The van der Waals surface area contributed by atoms with E-state index >= 15 is 0 Å². The van der Waals surface area contributed by atoms with Gasteiger partial charge in [0.05, 0.1) is 7.11 Å². The van der Waals surface area contributed by atoms with Gasteiger partial charge in [-0.1, -0.05) is 6.92 Å². The van der Waals surface area contributed by atoms with Gasteiger partial charge in [0.25, 0.3) is 0 Å². The first-order valence-corrected chi connectivity index (χ1v) is 6.02. The molecular formula is C10H17N3OS. The molecule has 1 saturated carbocycles. The van der Waals surface area contributed by atoms with Gasteiger partial charge in [-0.25, -0.2) is 0 Å². The molecule has 0 bridgehead atoms. The summed E-state index contributed by atoms with van der Waals surface area (Å²) >= 11 is 1.36. The number of hydrogen-bond acceptors (Lipinski definition) is 5. The highest BCUT2D eigenvalue weighted by Crippen LogP contribution is 2.38. The summed E-state index contributed by atoms with van der Waals surface area (Å²) in [7, 11) is 1.62. The normalized spacial score (nSPS) is 17.5. The van der Waals surface area contributed by atoms with E-state index in [0.717, 1.165) is 23.4 Å². The summed E-state index contributed by atoms with van der Waals surface area (Å²) in [5.41, 5.74) is 5.66. The zero-order chi connectivity index (χ0) is 10.8. The van der Waals surface area contributed by atoms with Gasteiger partial charge in [0.1, 0.15) is 0 Å². The Kier molecular flexibility index (Phi) is 3.00. The maximum Gasteiger partial charge on any atom is 0.197 e. The first kappa shape index (κ1) is 10.5. The summed E-state index contributed by atoms with van der Waals surface area (Å²) in [6.07, 6.45) is 2.76. The van der Waals surface area contributed by atoms with Crippen molar-refractivity contribution >= 4 is 22.4 Å². The van der Waals surface area contributed by atoms with Crippen molar-refractivity contribution in [3.05, 3.63) is 0 Å². The van der Waals surface area contributed by atoms with Crippen molar-refractivity contribution in [3.8, 4) is 5.75 Å². The molecule has 15 heavy (non-hydrogen) atoms. The second-order valence-electron chi connectivity index (χ2n) is 4.13. The monoisotopic (exact) mass is 227 g/mol. The van der Waals surface area contributed by atoms with Crippen molar-refractivity contribution in [2.75, 3.05) is 24.7 Å². The zero-order valence-electron chi connectivity index (χ0n) is 9.12. The first-order valence-electron chi connectivity index (χ1n) is 5.25. The molecule has 1 aliphatic carbocycles. The molecule has 2 rings (SSSR count). The molecule has 0 spiro atoms. The van der Waals surface area contributed by atoms with Crippen LogP contribution in [0.3, 0.4) is 0 Å². The van der Waals surface area contributed by atoms with Gasteiger partial charge >= 0.3 is 0 Å². The Hall–Kier alpha value is -0.970. The topological polar surface area (TPSA) is 60.2 Å². The summed E-state index contributed by atoms with van der Waals surface area (Å²) < 4.78 is 9.24. The van der Waals surface area contributed by atoms with E-state index in [1.54, 1.807) is 7.11 Å². The van der Waals surface area contributed by atoms with Crippen LogP contribution in [0.15, 0.2) is 0 Å². The van der Waals surface area contributed by atoms with Gasteiger partial charge in [-0.15, -0.1) is 0 Å². The molecule has 5 heteroatoms. The molecule has 0 aliphatic heterocycles. The minimum absolute atomic E-state index is 0.476. The number of anilines is 2. The minimum Gasteiger partial charge on any atom is -0.490 e. The Morgan fingerprint density at radius 1 is 1.67 bits per heavy atom. The molecule has 0 aromatic carbocycles. The number of nitrogens with zero attached hydrogens (tertiary/aromatic N) is 1. The number of ether oxygens (including phenoxy) is 1. The van der Waals surface area contributed by atoms with Crippen LogP contribution in [0.25, 0.3) is 0 Å². The van der Waals surface area contributed by atoms with Gasteiger partial charge in [-0.2, -0.15) is 4.37 Å². The molecule has 0 radical (unpaired) electrons. The largest absolute Gasteiger partial charge is 0.490 e. The SMILES string of the molecule is COc1c(N)nsc1NCC(C)C1CC1. The fourth-order valence-electron chi connectivity index (χ4n) is 1.69. The second kappa shape index (κ2) is 4.26. The van der Waals surface area contributed by atoms with Crippen LogP contribution >= 0.6 is 11.5 Å². The maximum atomic E-state index is 5.66. The predicted octanol–water partition coefficient (Wildman–Crippen LogP) is 2.19. The third-order valence-electron chi connectivity index (χ3n) is 2.89. The highest BCUT2D eigenvalue weighted by Gasteiger charge is 2.27. The molecule has 84 valence electrons. The van der Waals surface area contributed by atoms with E-state index in [0.29, 0.717) is 11.6 Å². The smallest absolute Gasteiger partial charge is 0.197 e. The molecule has 1 fully saturated rings. The van der Waals surface area contributed by atoms with Gasteiger partial charge in [0.2, 0.25) is 0 Å². The van der Waals surface area contributed by atoms with Crippen LogP contribution in [0.1, 0.15) is 19.8 Å². The van der Waals surface area contributed by atoms with Crippen molar-refractivity contribution in [1.82, 2.24) is 4.37 Å². The lowest BCUT2D eigenvalue weighted by Gasteiger charge is -2.11. The second-order valence-corrected chi connectivity index (χ2v) is 4.90. The van der Waals surface area contributed by atoms with Crippen LogP contribution in [0.5, 0.6) is 5.75 Å². The molecule has 0 amide bonds. The molecule has 1 atom stereocenters. The Labute approximate surface area is 94.0 Å². The zero-order valence-corrected chi connectivity index (χ0v) is 9.93. The van der Waals surface area contributed by atoms with Crippen molar-refractivity contribution in [1.29, 1.82) is 0 Å². The Morgan fingerprint density at radius 2 is 2.40 bits per heavy atom. The van der Waals surface area contributed by atoms with Crippen molar-refractivity contribution < 1.29 is 4.74 Å². The lowest BCUT2D eigenvalue weighted by molar-refractivity contribution is 0.419. The standard InChI is InChI=1S/C10H17N3OS/c1-6(7-3-4-7)5-12-10-8(14-2)9(11)13-15-10/h6-7,12H,3-5H2,1-2H3,(H2,11,13). The van der Waals surface area contributed by atoms with Gasteiger partial charge in [-0.3, -0.25) is 0 Å². The Bertz CT molecular complexity index is 335. The highest BCUT2D eigenvalue weighted by atomic mass is 32.1. The molecule has 1 aliphatic rings. The molecular weight excluding hydrogens is 210 g/mol. The van der Waals surface area contributed by atoms with Gasteiger partial charge in [0, 0.05) is 6.54 Å². The summed E-state index contributed by atoms with van der Waals surface area (Å²) in [5.74, 6) is 2.79. The Morgan fingerprint density at radius 3 is 3.00 bits per heavy atom. The number of aromatic nitrogens is 1. The average Bonchev–Trinajstić information content (AvgIpc) is 3.00. The quantitative estimate of drug-likeness (QED) is 0.809. The molecule has 4 nitrogen and oxygen atoms in total. The number of rotatable bonds is 5. The van der Waals surface area contributed by atoms with Gasteiger partial charge < -0.3 is 15.8 Å². The summed E-state index contributed by atoms with van der Waals surface area (Å²) in [6, 6.07) is 0. The van der Waals surface area contributed by atoms with Crippen LogP contribution in [-0.4, -0.2) is 18.0 Å². The third-order valence-corrected chi connectivity index (χ3v) is 3.69. The van der Waals surface area contributed by atoms with Gasteiger partial charge in [-0.05, 0) is 36.2 Å². The molecule has 1 aromatic heterocycles. The van der Waals surface area contributed by atoms with Crippen LogP contribution in [0, 0.1) is 11.8 Å². The van der Waals surface area contributed by atoms with Crippen LogP contribution in [-0.2, 0) is 0 Å². The number of nitrogens with two attached hydrogens (primary N) is 1. The lowest BCUT2D eigenvalue weighted by atomic mass is 10.1. The summed E-state index contributed by atoms with van der Waals surface area (Å²) in [5, 5.41) is 4.30. The van der Waals surface area contributed by atoms with Gasteiger partial charge in [0.15, 0.2) is 16.6 Å². The van der Waals surface area contributed by atoms with Crippen LogP contribution in [0.2, 0.25) is 0 Å². The third kappa shape index (κ3) is 2.34. The summed E-state index contributed by atoms with van der Waals surface area (Å²) in [4.78, 5) is 0. The predicted molar refractivity (Wildman–Crippen MR) is 63.5 cm³/mol. The van der Waals surface area contributed by atoms with Crippen LogP contribution < -0.4 is 15.8 Å². The van der Waals surface area contributed by atoms with E-state index in [4.69, 9.17) is 10.5 Å². The molecule has 1 aromatic rings. The van der Waals surface area contributed by atoms with E-state index in [-0.39, 0.29) is 0 Å². The van der Waals surface area contributed by atoms with Crippen molar-refractivity contribution in [2.24, 2.45) is 11.8 Å². The number of nitrogen functional groups attached to an aromatic ring is 1. The fourth-order valence-corrected chi connectivity index (χ4v) is 2.38. The van der Waals surface area contributed by atoms with Crippen molar-refractivity contribution in [2.45, 2.75) is 19.8 Å². The Balaban J connectivity index is 1.91. The van der Waals surface area contributed by atoms with E-state index < -0.39 is 0 Å². The van der Waals surface area contributed by atoms with E-state index in [9.17, 15) is 0 Å².